The Morgan fingerprint density at radius 2 is 2.29 bits per heavy atom. The highest BCUT2D eigenvalue weighted by atomic mass is 32.2. The summed E-state index contributed by atoms with van der Waals surface area (Å²) in [5.74, 6) is -0.0172. The Kier molecular flexibility index (Phi) is 3.85. The maximum atomic E-state index is 10.8. The van der Waals surface area contributed by atoms with Crippen LogP contribution in [0.25, 0.3) is 0 Å². The van der Waals surface area contributed by atoms with Gasteiger partial charge in [0.1, 0.15) is 0 Å². The van der Waals surface area contributed by atoms with Crippen molar-refractivity contribution in [3.8, 4) is 0 Å². The molecule has 1 rings (SSSR count). The highest BCUT2D eigenvalue weighted by Crippen LogP contribution is 2.04. The smallest absolute Gasteiger partial charge is 0.220 e. The minimum atomic E-state index is -3.38. The van der Waals surface area contributed by atoms with Crippen molar-refractivity contribution in [2.24, 2.45) is 5.14 Å². The zero-order valence-corrected chi connectivity index (χ0v) is 8.64. The van der Waals surface area contributed by atoms with E-state index < -0.39 is 10.0 Å². The second-order valence-corrected chi connectivity index (χ2v) is 5.11. The van der Waals surface area contributed by atoms with Crippen LogP contribution in [0.2, 0.25) is 0 Å². The molecule has 1 aliphatic heterocycles. The van der Waals surface area contributed by atoms with Crippen LogP contribution in [-0.2, 0) is 14.8 Å². The van der Waals surface area contributed by atoms with Crippen molar-refractivity contribution >= 4 is 15.9 Å². The fourth-order valence-electron chi connectivity index (χ4n) is 1.32. The average molecular weight is 221 g/mol. The molecular formula is C7H15N3O3S. The molecule has 0 aromatic carbocycles. The van der Waals surface area contributed by atoms with Crippen LogP contribution in [0.3, 0.4) is 0 Å². The fraction of sp³-hybridized carbons (Fsp3) is 0.857. The van der Waals surface area contributed by atoms with Crippen molar-refractivity contribution in [3.63, 3.8) is 0 Å². The van der Waals surface area contributed by atoms with E-state index in [2.05, 4.69) is 10.6 Å². The lowest BCUT2D eigenvalue weighted by atomic mass is 10.2. The monoisotopic (exact) mass is 221 g/mol. The lowest BCUT2D eigenvalue weighted by molar-refractivity contribution is -0.119. The minimum Gasteiger partial charge on any atom is -0.352 e. The Morgan fingerprint density at radius 3 is 2.79 bits per heavy atom. The summed E-state index contributed by atoms with van der Waals surface area (Å²) in [4.78, 5) is 10.8. The summed E-state index contributed by atoms with van der Waals surface area (Å²) in [5.41, 5.74) is 0. The van der Waals surface area contributed by atoms with E-state index in [4.69, 9.17) is 5.14 Å². The van der Waals surface area contributed by atoms with Gasteiger partial charge in [0.05, 0.1) is 5.75 Å². The number of rotatable bonds is 5. The maximum absolute atomic E-state index is 10.8. The summed E-state index contributed by atoms with van der Waals surface area (Å²) < 4.78 is 21.1. The van der Waals surface area contributed by atoms with Crippen LogP contribution >= 0.6 is 0 Å². The van der Waals surface area contributed by atoms with Crippen molar-refractivity contribution in [2.45, 2.75) is 18.9 Å². The first-order chi connectivity index (χ1) is 6.47. The van der Waals surface area contributed by atoms with E-state index >= 15 is 0 Å². The number of hydrogen-bond donors (Lipinski definition) is 3. The number of hydrogen-bond acceptors (Lipinski definition) is 4. The second-order valence-electron chi connectivity index (χ2n) is 3.37. The van der Waals surface area contributed by atoms with Crippen LogP contribution < -0.4 is 15.8 Å². The summed E-state index contributed by atoms with van der Waals surface area (Å²) in [6.45, 7) is 0.923. The van der Waals surface area contributed by atoms with Crippen LogP contribution in [-0.4, -0.2) is 39.2 Å². The third kappa shape index (κ3) is 4.54. The Morgan fingerprint density at radius 1 is 1.57 bits per heavy atom. The van der Waals surface area contributed by atoms with Gasteiger partial charge in [0, 0.05) is 25.6 Å². The van der Waals surface area contributed by atoms with Crippen LogP contribution in [0.1, 0.15) is 12.8 Å². The summed E-state index contributed by atoms with van der Waals surface area (Å²) in [6.07, 6.45) is 1.36. The van der Waals surface area contributed by atoms with E-state index in [-0.39, 0.29) is 17.7 Å². The third-order valence-electron chi connectivity index (χ3n) is 2.04. The standard InChI is InChI=1S/C7H15N3O3S/c8-14(12,13)4-3-9-5-6-1-2-7(11)10-6/h6,9H,1-5H2,(H,10,11)(H2,8,12,13). The molecular weight excluding hydrogens is 206 g/mol. The molecule has 0 spiro atoms. The number of sulfonamides is 1. The molecule has 1 aliphatic rings. The molecule has 1 unspecified atom stereocenters. The highest BCUT2D eigenvalue weighted by Gasteiger charge is 2.19. The van der Waals surface area contributed by atoms with Gasteiger partial charge < -0.3 is 10.6 Å². The van der Waals surface area contributed by atoms with Crippen LogP contribution in [0.15, 0.2) is 0 Å². The number of amides is 1. The Balaban J connectivity index is 2.07. The first kappa shape index (κ1) is 11.4. The molecule has 1 amide bonds. The molecule has 1 saturated heterocycles. The topological polar surface area (TPSA) is 101 Å². The van der Waals surface area contributed by atoms with Crippen LogP contribution in [0.5, 0.6) is 0 Å². The van der Waals surface area contributed by atoms with Gasteiger partial charge in [-0.25, -0.2) is 13.6 Å². The van der Waals surface area contributed by atoms with E-state index in [1.165, 1.54) is 0 Å². The van der Waals surface area contributed by atoms with Gasteiger partial charge in [-0.1, -0.05) is 0 Å². The van der Waals surface area contributed by atoms with Crippen molar-refractivity contribution in [1.82, 2.24) is 10.6 Å². The lowest BCUT2D eigenvalue weighted by Crippen LogP contribution is -2.38. The number of nitrogens with two attached hydrogens (primary N) is 1. The average Bonchev–Trinajstić information content (AvgIpc) is 2.44. The summed E-state index contributed by atoms with van der Waals surface area (Å²) in [7, 11) is -3.38. The highest BCUT2D eigenvalue weighted by molar-refractivity contribution is 7.89. The molecule has 6 nitrogen and oxygen atoms in total. The van der Waals surface area contributed by atoms with Gasteiger partial charge in [0.25, 0.3) is 0 Å². The molecule has 0 aliphatic carbocycles. The van der Waals surface area contributed by atoms with E-state index in [9.17, 15) is 13.2 Å². The quantitative estimate of drug-likeness (QED) is 0.474. The summed E-state index contributed by atoms with van der Waals surface area (Å²) in [6, 6.07) is 0.128. The van der Waals surface area contributed by atoms with Crippen molar-refractivity contribution in [1.29, 1.82) is 0 Å². The molecule has 1 fully saturated rings. The fourth-order valence-corrected chi connectivity index (χ4v) is 1.75. The Bertz CT molecular complexity index is 301. The normalized spacial score (nSPS) is 22.4. The van der Waals surface area contributed by atoms with Gasteiger partial charge in [-0.15, -0.1) is 0 Å². The SMILES string of the molecule is NS(=O)(=O)CCNCC1CCC(=O)N1. The van der Waals surface area contributed by atoms with Crippen LogP contribution in [0.4, 0.5) is 0 Å². The van der Waals surface area contributed by atoms with Gasteiger partial charge >= 0.3 is 0 Å². The van der Waals surface area contributed by atoms with Gasteiger partial charge in [-0.2, -0.15) is 0 Å². The van der Waals surface area contributed by atoms with Gasteiger partial charge in [0.15, 0.2) is 0 Å². The molecule has 4 N–H and O–H groups in total. The number of nitrogens with one attached hydrogen (secondary N) is 2. The second kappa shape index (κ2) is 4.72. The predicted molar refractivity (Wildman–Crippen MR) is 52.0 cm³/mol. The lowest BCUT2D eigenvalue weighted by Gasteiger charge is -2.10. The molecule has 0 saturated carbocycles. The van der Waals surface area contributed by atoms with Crippen molar-refractivity contribution in [2.75, 3.05) is 18.8 Å². The zero-order chi connectivity index (χ0) is 10.6. The van der Waals surface area contributed by atoms with Gasteiger partial charge in [0.2, 0.25) is 15.9 Å². The molecule has 0 aromatic rings. The zero-order valence-electron chi connectivity index (χ0n) is 7.82. The summed E-state index contributed by atoms with van der Waals surface area (Å²) >= 11 is 0. The number of carbonyl (C=O) groups excluding carboxylic acids is 1. The molecule has 0 radical (unpaired) electrons. The molecule has 1 atom stereocenters. The van der Waals surface area contributed by atoms with Crippen molar-refractivity contribution in [3.05, 3.63) is 0 Å². The molecule has 1 heterocycles. The molecule has 0 aromatic heterocycles. The van der Waals surface area contributed by atoms with Gasteiger partial charge in [-0.05, 0) is 6.42 Å². The number of carbonyl (C=O) groups is 1. The largest absolute Gasteiger partial charge is 0.352 e. The molecule has 82 valence electrons. The third-order valence-corrected chi connectivity index (χ3v) is 2.81. The van der Waals surface area contributed by atoms with Crippen LogP contribution in [0, 0.1) is 0 Å². The Labute approximate surface area is 83.3 Å². The van der Waals surface area contributed by atoms with Crippen molar-refractivity contribution < 1.29 is 13.2 Å². The maximum Gasteiger partial charge on any atom is 0.220 e. The Hall–Kier alpha value is -0.660. The van der Waals surface area contributed by atoms with E-state index in [0.29, 0.717) is 19.5 Å². The molecule has 0 bridgehead atoms. The first-order valence-electron chi connectivity index (χ1n) is 4.48. The molecule has 7 heteroatoms. The minimum absolute atomic E-state index is 0.0586. The van der Waals surface area contributed by atoms with E-state index in [0.717, 1.165) is 6.42 Å². The van der Waals surface area contributed by atoms with E-state index in [1.54, 1.807) is 0 Å². The van der Waals surface area contributed by atoms with Gasteiger partial charge in [-0.3, -0.25) is 4.79 Å². The predicted octanol–water partition coefficient (Wildman–Crippen LogP) is -1.86. The molecule has 14 heavy (non-hydrogen) atoms. The van der Waals surface area contributed by atoms with E-state index in [1.807, 2.05) is 0 Å². The number of primary sulfonamides is 1. The first-order valence-corrected chi connectivity index (χ1v) is 6.19. The summed E-state index contributed by atoms with van der Waals surface area (Å²) in [5, 5.41) is 10.5.